The Kier molecular flexibility index (Phi) is 6.64. The molecule has 0 saturated carbocycles. The molecule has 8 nitrogen and oxygen atoms in total. The number of fused-ring (bicyclic) bond motifs is 2. The van der Waals surface area contributed by atoms with E-state index < -0.39 is 12.7 Å². The lowest BCUT2D eigenvalue weighted by atomic mass is 10.0. The highest BCUT2D eigenvalue weighted by atomic mass is 35.5. The fourth-order valence-corrected chi connectivity index (χ4v) is 4.24. The van der Waals surface area contributed by atoms with Gasteiger partial charge >= 0.3 is 6.18 Å². The van der Waals surface area contributed by atoms with Gasteiger partial charge in [-0.05, 0) is 31.7 Å². The molecule has 0 amide bonds. The number of aryl methyl sites for hydroxylation is 1. The number of hydrogen-bond acceptors (Lipinski definition) is 7. The van der Waals surface area contributed by atoms with E-state index >= 15 is 0 Å². The van der Waals surface area contributed by atoms with Crippen molar-refractivity contribution in [2.45, 2.75) is 25.7 Å². The van der Waals surface area contributed by atoms with E-state index in [4.69, 9.17) is 21.6 Å². The first kappa shape index (κ1) is 23.5. The van der Waals surface area contributed by atoms with Crippen molar-refractivity contribution in [2.24, 2.45) is 7.05 Å². The van der Waals surface area contributed by atoms with Gasteiger partial charge < -0.3 is 15.3 Å². The topological polar surface area (TPSA) is 82.3 Å². The van der Waals surface area contributed by atoms with E-state index in [1.807, 2.05) is 11.9 Å². The molecule has 0 bridgehead atoms. The van der Waals surface area contributed by atoms with Gasteiger partial charge in [0.1, 0.15) is 5.82 Å². The van der Waals surface area contributed by atoms with Gasteiger partial charge in [0.15, 0.2) is 0 Å². The number of benzene rings is 1. The van der Waals surface area contributed by atoms with Gasteiger partial charge in [0.2, 0.25) is 5.95 Å². The number of aromatic nitrogens is 4. The number of anilines is 2. The number of hydrogen-bond donors (Lipinski definition) is 2. The fraction of sp³-hybridized carbons (Fsp3) is 0.476. The largest absolute Gasteiger partial charge is 0.401 e. The van der Waals surface area contributed by atoms with Gasteiger partial charge in [0, 0.05) is 42.7 Å². The molecule has 0 radical (unpaired) electrons. The Labute approximate surface area is 194 Å². The van der Waals surface area contributed by atoms with Crippen molar-refractivity contribution in [1.82, 2.24) is 24.6 Å². The molecule has 3 heterocycles. The summed E-state index contributed by atoms with van der Waals surface area (Å²) >= 11 is 6.17. The molecule has 0 atom stereocenters. The highest BCUT2D eigenvalue weighted by Gasteiger charge is 2.29. The number of aliphatic hydroxyl groups excluding tert-OH is 1. The Bertz CT molecular complexity index is 1150. The van der Waals surface area contributed by atoms with Gasteiger partial charge in [-0.2, -0.15) is 23.3 Å². The van der Waals surface area contributed by atoms with E-state index in [1.54, 1.807) is 22.9 Å². The van der Waals surface area contributed by atoms with Crippen molar-refractivity contribution >= 4 is 34.3 Å². The maximum absolute atomic E-state index is 12.6. The molecule has 2 aromatic heterocycles. The molecular formula is C21H25ClF3N7O. The molecule has 3 aromatic rings. The number of halogens is 4. The van der Waals surface area contributed by atoms with Crippen LogP contribution >= 0.6 is 11.6 Å². The lowest BCUT2D eigenvalue weighted by Crippen LogP contribution is -2.34. The molecule has 0 spiro atoms. The van der Waals surface area contributed by atoms with Gasteiger partial charge in [-0.3, -0.25) is 9.58 Å². The zero-order chi connectivity index (χ0) is 23.8. The van der Waals surface area contributed by atoms with Crippen molar-refractivity contribution in [1.29, 1.82) is 0 Å². The van der Waals surface area contributed by atoms with Crippen LogP contribution in [0.3, 0.4) is 0 Å². The third-order valence-electron chi connectivity index (χ3n) is 5.64. The van der Waals surface area contributed by atoms with Crippen LogP contribution in [0.4, 0.5) is 24.9 Å². The minimum atomic E-state index is -4.24. The molecule has 33 heavy (non-hydrogen) atoms. The predicted molar refractivity (Wildman–Crippen MR) is 120 cm³/mol. The number of aliphatic hydroxyl groups is 1. The standard InChI is InChI=1S/C21H25ClF3N7O/c1-30(12-21(23,24)25)8-6-26-19-15-9-13(22)3-4-16(15)27-20(28-19)32-7-5-14-17(11-33)29-31(2)18(14)10-32/h3-4,9,33H,5-8,10-12H2,1-2H3,(H,26,27,28). The van der Waals surface area contributed by atoms with Crippen molar-refractivity contribution in [3.63, 3.8) is 0 Å². The summed E-state index contributed by atoms with van der Waals surface area (Å²) in [5.41, 5.74) is 3.41. The van der Waals surface area contributed by atoms with E-state index in [0.717, 1.165) is 11.3 Å². The highest BCUT2D eigenvalue weighted by molar-refractivity contribution is 6.31. The zero-order valence-electron chi connectivity index (χ0n) is 18.3. The summed E-state index contributed by atoms with van der Waals surface area (Å²) < 4.78 is 39.6. The number of likely N-dealkylation sites (N-methyl/N-ethyl adjacent to an activating group) is 1. The molecule has 1 aliphatic heterocycles. The van der Waals surface area contributed by atoms with Crippen LogP contribution in [-0.4, -0.2) is 69.2 Å². The average molecular weight is 484 g/mol. The van der Waals surface area contributed by atoms with Crippen LogP contribution in [0.1, 0.15) is 17.0 Å². The van der Waals surface area contributed by atoms with Crippen LogP contribution in [-0.2, 0) is 26.6 Å². The lowest BCUT2D eigenvalue weighted by molar-refractivity contribution is -0.142. The Hall–Kier alpha value is -2.63. The summed E-state index contributed by atoms with van der Waals surface area (Å²) in [4.78, 5) is 12.6. The molecule has 0 aliphatic carbocycles. The number of nitrogens with one attached hydrogen (secondary N) is 1. The van der Waals surface area contributed by atoms with Crippen molar-refractivity contribution in [3.05, 3.63) is 40.2 Å². The number of rotatable bonds is 7. The van der Waals surface area contributed by atoms with E-state index in [1.165, 1.54) is 11.9 Å². The summed E-state index contributed by atoms with van der Waals surface area (Å²) in [5.74, 6) is 1.03. The van der Waals surface area contributed by atoms with Crippen LogP contribution in [0, 0.1) is 0 Å². The van der Waals surface area contributed by atoms with E-state index in [2.05, 4.69) is 10.4 Å². The molecule has 0 unspecified atom stereocenters. The summed E-state index contributed by atoms with van der Waals surface area (Å²) in [5, 5.41) is 18.3. The normalized spacial score (nSPS) is 14.2. The molecular weight excluding hydrogens is 459 g/mol. The van der Waals surface area contributed by atoms with Crippen molar-refractivity contribution in [2.75, 3.05) is 43.4 Å². The second kappa shape index (κ2) is 9.32. The van der Waals surface area contributed by atoms with Crippen molar-refractivity contribution in [3.8, 4) is 0 Å². The van der Waals surface area contributed by atoms with Gasteiger partial charge in [0.05, 0.1) is 36.6 Å². The Balaban J connectivity index is 1.58. The van der Waals surface area contributed by atoms with E-state index in [9.17, 15) is 18.3 Å². The van der Waals surface area contributed by atoms with Crippen molar-refractivity contribution < 1.29 is 18.3 Å². The van der Waals surface area contributed by atoms with Gasteiger partial charge in [0.25, 0.3) is 0 Å². The molecule has 12 heteroatoms. The van der Waals surface area contributed by atoms with Gasteiger partial charge in [-0.1, -0.05) is 11.6 Å². The first-order valence-electron chi connectivity index (χ1n) is 10.5. The number of alkyl halides is 3. The summed E-state index contributed by atoms with van der Waals surface area (Å²) in [7, 11) is 3.27. The third kappa shape index (κ3) is 5.31. The Morgan fingerprint density at radius 1 is 1.27 bits per heavy atom. The summed E-state index contributed by atoms with van der Waals surface area (Å²) in [6.07, 6.45) is -3.54. The van der Waals surface area contributed by atoms with Gasteiger partial charge in [-0.25, -0.2) is 4.98 Å². The average Bonchev–Trinajstić information content (AvgIpc) is 3.07. The van der Waals surface area contributed by atoms with Crippen LogP contribution < -0.4 is 10.2 Å². The Morgan fingerprint density at radius 2 is 2.06 bits per heavy atom. The quantitative estimate of drug-likeness (QED) is 0.534. The fourth-order valence-electron chi connectivity index (χ4n) is 4.07. The first-order chi connectivity index (χ1) is 15.6. The molecule has 1 aromatic carbocycles. The maximum Gasteiger partial charge on any atom is 0.401 e. The second-order valence-corrected chi connectivity index (χ2v) is 8.58. The lowest BCUT2D eigenvalue weighted by Gasteiger charge is -2.28. The van der Waals surface area contributed by atoms with Crippen LogP contribution in [0.15, 0.2) is 18.2 Å². The molecule has 4 rings (SSSR count). The zero-order valence-corrected chi connectivity index (χ0v) is 19.1. The van der Waals surface area contributed by atoms with Crippen LogP contribution in [0.5, 0.6) is 0 Å². The molecule has 2 N–H and O–H groups in total. The minimum absolute atomic E-state index is 0.104. The maximum atomic E-state index is 12.6. The predicted octanol–water partition coefficient (Wildman–Crippen LogP) is 2.98. The van der Waals surface area contributed by atoms with Gasteiger partial charge in [-0.15, -0.1) is 0 Å². The molecule has 1 aliphatic rings. The minimum Gasteiger partial charge on any atom is -0.390 e. The summed E-state index contributed by atoms with van der Waals surface area (Å²) in [6.45, 7) is 0.563. The molecule has 178 valence electrons. The van der Waals surface area contributed by atoms with E-state index in [0.29, 0.717) is 52.9 Å². The SMILES string of the molecule is CN(CCNc1nc(N2CCc3c(CO)nn(C)c3C2)nc2ccc(Cl)cc12)CC(F)(F)F. The Morgan fingerprint density at radius 3 is 2.79 bits per heavy atom. The van der Waals surface area contributed by atoms with E-state index in [-0.39, 0.29) is 19.7 Å². The highest BCUT2D eigenvalue weighted by Crippen LogP contribution is 2.29. The smallest absolute Gasteiger partial charge is 0.390 e. The third-order valence-corrected chi connectivity index (χ3v) is 5.88. The number of nitrogens with zero attached hydrogens (tertiary/aromatic N) is 6. The molecule has 0 fully saturated rings. The second-order valence-electron chi connectivity index (χ2n) is 8.14. The summed E-state index contributed by atoms with van der Waals surface area (Å²) in [6, 6.07) is 5.28. The molecule has 0 saturated heterocycles. The van der Waals surface area contributed by atoms with Crippen LogP contribution in [0.2, 0.25) is 5.02 Å². The first-order valence-corrected chi connectivity index (χ1v) is 10.9. The monoisotopic (exact) mass is 483 g/mol. The van der Waals surface area contributed by atoms with Crippen LogP contribution in [0.25, 0.3) is 10.9 Å².